The largest absolute Gasteiger partial charge is 0.368 e. The van der Waals surface area contributed by atoms with Crippen LogP contribution in [-0.4, -0.2) is 11.9 Å². The van der Waals surface area contributed by atoms with E-state index in [-0.39, 0.29) is 11.8 Å². The van der Waals surface area contributed by atoms with Crippen molar-refractivity contribution < 1.29 is 4.79 Å². The summed E-state index contributed by atoms with van der Waals surface area (Å²) in [6.07, 6.45) is 2.42. The molecule has 0 aromatic rings. The highest BCUT2D eigenvalue weighted by molar-refractivity contribution is 5.79. The molecule has 1 fully saturated rings. The van der Waals surface area contributed by atoms with Gasteiger partial charge < -0.3 is 11.5 Å². The number of hydrogen-bond acceptors (Lipinski definition) is 2. The molecular formula is C7H14N2O. The minimum absolute atomic E-state index is 0.275. The molecule has 2 unspecified atom stereocenters. The first-order chi connectivity index (χ1) is 4.63. The Balaban J connectivity index is 2.38. The Labute approximate surface area is 60.8 Å². The molecule has 1 aliphatic rings. The van der Waals surface area contributed by atoms with Gasteiger partial charge in [-0.3, -0.25) is 4.79 Å². The van der Waals surface area contributed by atoms with Gasteiger partial charge >= 0.3 is 0 Å². The molecule has 0 bridgehead atoms. The van der Waals surface area contributed by atoms with Gasteiger partial charge in [0, 0.05) is 0 Å². The van der Waals surface area contributed by atoms with Gasteiger partial charge in [-0.1, -0.05) is 6.92 Å². The molecule has 3 heteroatoms. The molecule has 1 saturated carbocycles. The Bertz CT molecular complexity index is 143. The number of hydrogen-bond donors (Lipinski definition) is 2. The van der Waals surface area contributed by atoms with Gasteiger partial charge in [0.15, 0.2) is 0 Å². The zero-order chi connectivity index (χ0) is 7.72. The smallest absolute Gasteiger partial charge is 0.234 e. The van der Waals surface area contributed by atoms with Crippen molar-refractivity contribution in [2.45, 2.75) is 25.8 Å². The molecule has 3 nitrogen and oxygen atoms in total. The third-order valence-corrected chi connectivity index (χ3v) is 2.26. The first kappa shape index (κ1) is 7.54. The van der Waals surface area contributed by atoms with Crippen LogP contribution in [0, 0.1) is 11.8 Å². The summed E-state index contributed by atoms with van der Waals surface area (Å²) in [4.78, 5) is 10.6. The summed E-state index contributed by atoms with van der Waals surface area (Å²) in [5.74, 6) is 0.555. The van der Waals surface area contributed by atoms with Crippen LogP contribution in [0.1, 0.15) is 19.8 Å². The maximum Gasteiger partial charge on any atom is 0.234 e. The summed E-state index contributed by atoms with van der Waals surface area (Å²) in [6.45, 7) is 1.99. The topological polar surface area (TPSA) is 69.1 Å². The maximum absolute atomic E-state index is 10.6. The molecule has 0 aromatic carbocycles. The highest BCUT2D eigenvalue weighted by Crippen LogP contribution is 2.37. The second-order valence-electron chi connectivity index (χ2n) is 3.12. The van der Waals surface area contributed by atoms with Crippen LogP contribution in [0.4, 0.5) is 0 Å². The molecule has 0 heterocycles. The molecular weight excluding hydrogens is 128 g/mol. The van der Waals surface area contributed by atoms with E-state index in [9.17, 15) is 4.79 Å². The van der Waals surface area contributed by atoms with Crippen molar-refractivity contribution in [2.24, 2.45) is 23.3 Å². The predicted octanol–water partition coefficient (Wildman–Crippen LogP) is -0.155. The Morgan fingerprint density at radius 1 is 1.60 bits per heavy atom. The number of carbonyl (C=O) groups excluding carboxylic acids is 1. The molecule has 1 rings (SSSR count). The zero-order valence-corrected chi connectivity index (χ0v) is 6.21. The number of rotatable bonds is 3. The van der Waals surface area contributed by atoms with Crippen LogP contribution < -0.4 is 11.5 Å². The number of amides is 1. The molecule has 4 N–H and O–H groups in total. The fourth-order valence-corrected chi connectivity index (χ4v) is 1.17. The lowest BCUT2D eigenvalue weighted by atomic mass is 9.97. The summed E-state index contributed by atoms with van der Waals surface area (Å²) in [6, 6.07) is -0.438. The van der Waals surface area contributed by atoms with Crippen LogP contribution in [0.3, 0.4) is 0 Å². The molecule has 1 aliphatic carbocycles. The minimum atomic E-state index is -0.438. The fourth-order valence-electron chi connectivity index (χ4n) is 1.17. The summed E-state index contributed by atoms with van der Waals surface area (Å²) in [5.41, 5.74) is 10.6. The third-order valence-electron chi connectivity index (χ3n) is 2.26. The minimum Gasteiger partial charge on any atom is -0.368 e. The van der Waals surface area contributed by atoms with Crippen molar-refractivity contribution in [3.63, 3.8) is 0 Å². The lowest BCUT2D eigenvalue weighted by Crippen LogP contribution is -2.42. The van der Waals surface area contributed by atoms with Gasteiger partial charge in [0.25, 0.3) is 0 Å². The Morgan fingerprint density at radius 3 is 2.40 bits per heavy atom. The monoisotopic (exact) mass is 142 g/mol. The normalized spacial score (nSPS) is 23.8. The Hall–Kier alpha value is -0.570. The van der Waals surface area contributed by atoms with E-state index in [1.807, 2.05) is 6.92 Å². The summed E-state index contributed by atoms with van der Waals surface area (Å²) in [7, 11) is 0. The average Bonchev–Trinajstić information content (AvgIpc) is 2.65. The van der Waals surface area contributed by atoms with Gasteiger partial charge in [-0.25, -0.2) is 0 Å². The standard InChI is InChI=1S/C7H14N2O/c1-4(5-2-3-5)6(8)7(9)10/h4-6H,2-3,8H2,1H3,(H2,9,10). The van der Waals surface area contributed by atoms with Crippen LogP contribution >= 0.6 is 0 Å². The van der Waals surface area contributed by atoms with Gasteiger partial charge in [0.05, 0.1) is 6.04 Å². The Morgan fingerprint density at radius 2 is 2.10 bits per heavy atom. The van der Waals surface area contributed by atoms with Gasteiger partial charge in [0.1, 0.15) is 0 Å². The van der Waals surface area contributed by atoms with Crippen LogP contribution in [0.2, 0.25) is 0 Å². The van der Waals surface area contributed by atoms with Crippen molar-refractivity contribution >= 4 is 5.91 Å². The fraction of sp³-hybridized carbons (Fsp3) is 0.857. The van der Waals surface area contributed by atoms with Crippen molar-refractivity contribution in [1.82, 2.24) is 0 Å². The van der Waals surface area contributed by atoms with E-state index in [1.165, 1.54) is 12.8 Å². The van der Waals surface area contributed by atoms with Crippen molar-refractivity contribution in [1.29, 1.82) is 0 Å². The second kappa shape index (κ2) is 2.58. The average molecular weight is 142 g/mol. The van der Waals surface area contributed by atoms with Gasteiger partial charge in [-0.15, -0.1) is 0 Å². The SMILES string of the molecule is CC(C1CC1)C(N)C(N)=O. The van der Waals surface area contributed by atoms with E-state index < -0.39 is 6.04 Å². The van der Waals surface area contributed by atoms with Crippen LogP contribution in [0.25, 0.3) is 0 Å². The summed E-state index contributed by atoms with van der Waals surface area (Å²) >= 11 is 0. The molecule has 1 amide bonds. The molecule has 0 aliphatic heterocycles. The molecule has 58 valence electrons. The first-order valence-corrected chi connectivity index (χ1v) is 3.68. The predicted molar refractivity (Wildman–Crippen MR) is 39.1 cm³/mol. The van der Waals surface area contributed by atoms with E-state index in [2.05, 4.69) is 0 Å². The van der Waals surface area contributed by atoms with Gasteiger partial charge in [-0.05, 0) is 24.7 Å². The molecule has 0 saturated heterocycles. The molecule has 2 atom stereocenters. The lowest BCUT2D eigenvalue weighted by Gasteiger charge is -2.14. The Kier molecular flexibility index (Phi) is 1.94. The van der Waals surface area contributed by atoms with E-state index in [1.54, 1.807) is 0 Å². The molecule has 10 heavy (non-hydrogen) atoms. The van der Waals surface area contributed by atoms with Crippen LogP contribution in [0.15, 0.2) is 0 Å². The molecule has 0 aromatic heterocycles. The van der Waals surface area contributed by atoms with E-state index in [0.29, 0.717) is 5.92 Å². The third kappa shape index (κ3) is 1.48. The van der Waals surface area contributed by atoms with Gasteiger partial charge in [-0.2, -0.15) is 0 Å². The summed E-state index contributed by atoms with van der Waals surface area (Å²) in [5, 5.41) is 0. The lowest BCUT2D eigenvalue weighted by molar-refractivity contribution is -0.120. The highest BCUT2D eigenvalue weighted by atomic mass is 16.1. The van der Waals surface area contributed by atoms with Gasteiger partial charge in [0.2, 0.25) is 5.91 Å². The van der Waals surface area contributed by atoms with Crippen molar-refractivity contribution in [2.75, 3.05) is 0 Å². The number of carbonyl (C=O) groups is 1. The summed E-state index contributed by atoms with van der Waals surface area (Å²) < 4.78 is 0. The molecule has 0 radical (unpaired) electrons. The number of primary amides is 1. The zero-order valence-electron chi connectivity index (χ0n) is 6.21. The highest BCUT2D eigenvalue weighted by Gasteiger charge is 2.33. The second-order valence-corrected chi connectivity index (χ2v) is 3.12. The van der Waals surface area contributed by atoms with E-state index in [0.717, 1.165) is 0 Å². The maximum atomic E-state index is 10.6. The van der Waals surface area contributed by atoms with Crippen LogP contribution in [0.5, 0.6) is 0 Å². The van der Waals surface area contributed by atoms with E-state index in [4.69, 9.17) is 11.5 Å². The molecule has 0 spiro atoms. The quantitative estimate of drug-likeness (QED) is 0.575. The van der Waals surface area contributed by atoms with Crippen LogP contribution in [-0.2, 0) is 4.79 Å². The van der Waals surface area contributed by atoms with E-state index >= 15 is 0 Å². The van der Waals surface area contributed by atoms with Crippen molar-refractivity contribution in [3.8, 4) is 0 Å². The first-order valence-electron chi connectivity index (χ1n) is 3.68. The van der Waals surface area contributed by atoms with Crippen molar-refractivity contribution in [3.05, 3.63) is 0 Å². The number of nitrogens with two attached hydrogens (primary N) is 2.